The Morgan fingerprint density at radius 1 is 1.25 bits per heavy atom. The molecule has 1 aliphatic rings. The molecule has 1 aromatic rings. The van der Waals surface area contributed by atoms with E-state index in [1.54, 1.807) is 0 Å². The van der Waals surface area contributed by atoms with Crippen LogP contribution in [0.5, 0.6) is 0 Å². The largest absolute Gasteiger partial charge is 0.227 e. The number of halogens is 1. The van der Waals surface area contributed by atoms with Gasteiger partial charge < -0.3 is 0 Å². The Balaban J connectivity index is 2.02. The van der Waals surface area contributed by atoms with Crippen molar-refractivity contribution in [3.63, 3.8) is 0 Å². The van der Waals surface area contributed by atoms with Crippen LogP contribution in [0.3, 0.4) is 0 Å². The smallest absolute Gasteiger partial charge is 0.136 e. The maximum Gasteiger partial charge on any atom is 0.136 e. The highest BCUT2D eigenvalue weighted by molar-refractivity contribution is 7.99. The predicted molar refractivity (Wildman–Crippen MR) is 69.2 cm³/mol. The fourth-order valence-electron chi connectivity index (χ4n) is 2.08. The molecule has 0 unspecified atom stereocenters. The van der Waals surface area contributed by atoms with E-state index in [9.17, 15) is 0 Å². The van der Waals surface area contributed by atoms with Gasteiger partial charge in [0.05, 0.1) is 0 Å². The second kappa shape index (κ2) is 5.37. The molecule has 0 spiro atoms. The van der Waals surface area contributed by atoms with Crippen LogP contribution in [0.15, 0.2) is 5.03 Å². The summed E-state index contributed by atoms with van der Waals surface area (Å²) in [5.41, 5.74) is 1.02. The molecule has 1 heterocycles. The first-order valence-corrected chi connectivity index (χ1v) is 7.16. The average molecular weight is 257 g/mol. The van der Waals surface area contributed by atoms with E-state index in [0.29, 0.717) is 5.15 Å². The van der Waals surface area contributed by atoms with Crippen LogP contribution in [0.25, 0.3) is 0 Å². The summed E-state index contributed by atoms with van der Waals surface area (Å²) in [4.78, 5) is 8.62. The molecule has 0 atom stereocenters. The van der Waals surface area contributed by atoms with Gasteiger partial charge in [-0.25, -0.2) is 9.97 Å². The first-order valence-electron chi connectivity index (χ1n) is 5.80. The molecule has 1 aliphatic carbocycles. The Morgan fingerprint density at radius 2 is 1.94 bits per heavy atom. The standard InChI is InChI=1S/C12H17ClN2S/c1-8-11(13)14-9(2)15-12(8)16-7-10-5-3-4-6-10/h10H,3-7H2,1-2H3. The normalized spacial score (nSPS) is 16.9. The topological polar surface area (TPSA) is 25.8 Å². The number of nitrogens with zero attached hydrogens (tertiary/aromatic N) is 2. The zero-order valence-electron chi connectivity index (χ0n) is 9.79. The van der Waals surface area contributed by atoms with Crippen molar-refractivity contribution in [1.82, 2.24) is 9.97 Å². The Bertz CT molecular complexity index is 376. The summed E-state index contributed by atoms with van der Waals surface area (Å²) < 4.78 is 0. The monoisotopic (exact) mass is 256 g/mol. The quantitative estimate of drug-likeness (QED) is 0.603. The van der Waals surface area contributed by atoms with Crippen molar-refractivity contribution >= 4 is 23.4 Å². The van der Waals surface area contributed by atoms with E-state index in [-0.39, 0.29) is 0 Å². The Kier molecular flexibility index (Phi) is 4.09. The van der Waals surface area contributed by atoms with Gasteiger partial charge in [-0.05, 0) is 32.6 Å². The molecule has 1 saturated carbocycles. The SMILES string of the molecule is Cc1nc(Cl)c(C)c(SCC2CCCC2)n1. The van der Waals surface area contributed by atoms with Crippen LogP contribution in [-0.4, -0.2) is 15.7 Å². The van der Waals surface area contributed by atoms with Gasteiger partial charge in [0.1, 0.15) is 16.0 Å². The van der Waals surface area contributed by atoms with Gasteiger partial charge in [-0.15, -0.1) is 11.8 Å². The van der Waals surface area contributed by atoms with Crippen molar-refractivity contribution in [3.05, 3.63) is 16.5 Å². The molecule has 0 radical (unpaired) electrons. The van der Waals surface area contributed by atoms with Crippen molar-refractivity contribution in [1.29, 1.82) is 0 Å². The summed E-state index contributed by atoms with van der Waals surface area (Å²) in [5.74, 6) is 2.82. The van der Waals surface area contributed by atoms with Crippen molar-refractivity contribution in [2.24, 2.45) is 5.92 Å². The van der Waals surface area contributed by atoms with Gasteiger partial charge >= 0.3 is 0 Å². The highest BCUT2D eigenvalue weighted by Gasteiger charge is 2.16. The van der Waals surface area contributed by atoms with Crippen LogP contribution >= 0.6 is 23.4 Å². The van der Waals surface area contributed by atoms with Gasteiger partial charge in [0.2, 0.25) is 0 Å². The number of thioether (sulfide) groups is 1. The lowest BCUT2D eigenvalue weighted by Crippen LogP contribution is -2.00. The van der Waals surface area contributed by atoms with Gasteiger partial charge in [-0.1, -0.05) is 24.4 Å². The molecule has 1 fully saturated rings. The Labute approximate surface area is 106 Å². The minimum absolute atomic E-state index is 0.599. The van der Waals surface area contributed by atoms with E-state index in [1.165, 1.54) is 31.4 Å². The maximum absolute atomic E-state index is 6.05. The molecule has 2 nitrogen and oxygen atoms in total. The number of aromatic nitrogens is 2. The Hall–Kier alpha value is -0.280. The highest BCUT2D eigenvalue weighted by Crippen LogP contribution is 2.32. The van der Waals surface area contributed by atoms with E-state index >= 15 is 0 Å². The van der Waals surface area contributed by atoms with Crippen LogP contribution < -0.4 is 0 Å². The second-order valence-electron chi connectivity index (χ2n) is 4.45. The van der Waals surface area contributed by atoms with E-state index in [0.717, 1.165) is 22.3 Å². The molecule has 2 rings (SSSR count). The first kappa shape index (κ1) is 12.2. The van der Waals surface area contributed by atoms with Crippen LogP contribution in [0.1, 0.15) is 37.1 Å². The van der Waals surface area contributed by atoms with E-state index < -0.39 is 0 Å². The van der Waals surface area contributed by atoms with Crippen LogP contribution in [0.4, 0.5) is 0 Å². The molecule has 0 aliphatic heterocycles. The lowest BCUT2D eigenvalue weighted by Gasteiger charge is -2.10. The fraction of sp³-hybridized carbons (Fsp3) is 0.667. The van der Waals surface area contributed by atoms with Crippen molar-refractivity contribution in [2.75, 3.05) is 5.75 Å². The van der Waals surface area contributed by atoms with Gasteiger partial charge in [-0.3, -0.25) is 0 Å². The van der Waals surface area contributed by atoms with E-state index in [4.69, 9.17) is 11.6 Å². The molecule has 88 valence electrons. The Morgan fingerprint density at radius 3 is 2.62 bits per heavy atom. The average Bonchev–Trinajstić information content (AvgIpc) is 2.74. The van der Waals surface area contributed by atoms with Crippen LogP contribution in [0, 0.1) is 19.8 Å². The summed E-state index contributed by atoms with van der Waals surface area (Å²) >= 11 is 7.89. The molecule has 0 aromatic carbocycles. The molecule has 0 N–H and O–H groups in total. The summed E-state index contributed by atoms with van der Waals surface area (Å²) in [6, 6.07) is 0. The van der Waals surface area contributed by atoms with Crippen LogP contribution in [-0.2, 0) is 0 Å². The molecular formula is C12H17ClN2S. The summed E-state index contributed by atoms with van der Waals surface area (Å²) in [5, 5.41) is 1.66. The zero-order chi connectivity index (χ0) is 11.5. The number of hydrogen-bond acceptors (Lipinski definition) is 3. The minimum atomic E-state index is 0.599. The first-order chi connectivity index (χ1) is 7.66. The summed E-state index contributed by atoms with van der Waals surface area (Å²) in [6.07, 6.45) is 5.55. The van der Waals surface area contributed by atoms with Gasteiger partial charge in [0.25, 0.3) is 0 Å². The van der Waals surface area contributed by atoms with Gasteiger partial charge in [0.15, 0.2) is 0 Å². The van der Waals surface area contributed by atoms with Crippen molar-refractivity contribution < 1.29 is 0 Å². The van der Waals surface area contributed by atoms with Gasteiger partial charge in [0, 0.05) is 11.3 Å². The van der Waals surface area contributed by atoms with Gasteiger partial charge in [-0.2, -0.15) is 0 Å². The molecule has 0 bridgehead atoms. The number of rotatable bonds is 3. The van der Waals surface area contributed by atoms with E-state index in [1.807, 2.05) is 25.6 Å². The van der Waals surface area contributed by atoms with Crippen molar-refractivity contribution in [3.8, 4) is 0 Å². The van der Waals surface area contributed by atoms with E-state index in [2.05, 4.69) is 9.97 Å². The predicted octanol–water partition coefficient (Wildman–Crippen LogP) is 4.03. The fourth-order valence-corrected chi connectivity index (χ4v) is 3.59. The molecule has 0 amide bonds. The summed E-state index contributed by atoms with van der Waals surface area (Å²) in [7, 11) is 0. The highest BCUT2D eigenvalue weighted by atomic mass is 35.5. The summed E-state index contributed by atoms with van der Waals surface area (Å²) in [6.45, 7) is 3.89. The second-order valence-corrected chi connectivity index (χ2v) is 5.82. The molecular weight excluding hydrogens is 240 g/mol. The third-order valence-corrected chi connectivity index (χ3v) is 4.76. The molecule has 1 aromatic heterocycles. The van der Waals surface area contributed by atoms with Crippen molar-refractivity contribution in [2.45, 2.75) is 44.6 Å². The number of hydrogen-bond donors (Lipinski definition) is 0. The lowest BCUT2D eigenvalue weighted by molar-refractivity contribution is 0.622. The lowest BCUT2D eigenvalue weighted by atomic mass is 10.1. The molecule has 4 heteroatoms. The third-order valence-electron chi connectivity index (χ3n) is 3.08. The minimum Gasteiger partial charge on any atom is -0.227 e. The zero-order valence-corrected chi connectivity index (χ0v) is 11.4. The number of aryl methyl sites for hydroxylation is 1. The molecule has 0 saturated heterocycles. The maximum atomic E-state index is 6.05. The third kappa shape index (κ3) is 2.89. The molecule has 16 heavy (non-hydrogen) atoms. The van der Waals surface area contributed by atoms with Crippen LogP contribution in [0.2, 0.25) is 5.15 Å².